The number of pyridine rings is 1. The highest BCUT2D eigenvalue weighted by atomic mass is 32.2. The molecule has 2 heterocycles. The largest absolute Gasteiger partial charge is 0.493 e. The van der Waals surface area contributed by atoms with Crippen LogP contribution in [0.1, 0.15) is 17.0 Å². The topological polar surface area (TPSA) is 70.3 Å². The number of rotatable bonds is 7. The van der Waals surface area contributed by atoms with E-state index < -0.39 is 0 Å². The standard InChI is InChI=1S/C21H18FN3O3S/c1-26-17-8-5-13(10-18(17)27-2)11-19-24-25-21(28-19)29-12-14-6-7-16(22)15-4-3-9-23-20(14)15/h3-10H,11-12H2,1-2H3. The van der Waals surface area contributed by atoms with E-state index in [9.17, 15) is 4.39 Å². The lowest BCUT2D eigenvalue weighted by Crippen LogP contribution is -1.94. The molecule has 0 unspecified atom stereocenters. The summed E-state index contributed by atoms with van der Waals surface area (Å²) >= 11 is 1.39. The first-order chi connectivity index (χ1) is 14.2. The normalized spacial score (nSPS) is 11.0. The first kappa shape index (κ1) is 19.2. The minimum atomic E-state index is -0.281. The predicted octanol–water partition coefficient (Wildman–Crippen LogP) is 4.66. The second-order valence-corrected chi connectivity index (χ2v) is 7.15. The Bertz CT molecular complexity index is 1150. The fourth-order valence-electron chi connectivity index (χ4n) is 2.99. The number of benzene rings is 2. The molecule has 0 atom stereocenters. The van der Waals surface area contributed by atoms with Gasteiger partial charge in [0.1, 0.15) is 5.82 Å². The van der Waals surface area contributed by atoms with Gasteiger partial charge < -0.3 is 13.9 Å². The van der Waals surface area contributed by atoms with Crippen molar-refractivity contribution in [3.63, 3.8) is 0 Å². The van der Waals surface area contributed by atoms with Gasteiger partial charge in [0.15, 0.2) is 11.5 Å². The van der Waals surface area contributed by atoms with E-state index in [0.717, 1.165) is 11.1 Å². The lowest BCUT2D eigenvalue weighted by molar-refractivity contribution is 0.354. The Morgan fingerprint density at radius 2 is 1.90 bits per heavy atom. The molecule has 0 saturated carbocycles. The fourth-order valence-corrected chi connectivity index (χ4v) is 3.75. The van der Waals surface area contributed by atoms with Gasteiger partial charge in [0.2, 0.25) is 5.89 Å². The molecule has 0 amide bonds. The van der Waals surface area contributed by atoms with Gasteiger partial charge in [-0.2, -0.15) is 0 Å². The van der Waals surface area contributed by atoms with Crippen molar-refractivity contribution in [2.75, 3.05) is 14.2 Å². The number of ether oxygens (including phenoxy) is 2. The van der Waals surface area contributed by atoms with Crippen LogP contribution < -0.4 is 9.47 Å². The summed E-state index contributed by atoms with van der Waals surface area (Å²) in [5.74, 6) is 2.08. The van der Waals surface area contributed by atoms with Crippen molar-refractivity contribution in [1.82, 2.24) is 15.2 Å². The van der Waals surface area contributed by atoms with Crippen LogP contribution in [0.3, 0.4) is 0 Å². The molecule has 0 aliphatic heterocycles. The van der Waals surface area contributed by atoms with Crippen LogP contribution in [-0.4, -0.2) is 29.4 Å². The lowest BCUT2D eigenvalue weighted by atomic mass is 10.1. The monoisotopic (exact) mass is 411 g/mol. The Kier molecular flexibility index (Phi) is 5.62. The summed E-state index contributed by atoms with van der Waals surface area (Å²) < 4.78 is 30.3. The van der Waals surface area contributed by atoms with Crippen LogP contribution in [0.2, 0.25) is 0 Å². The first-order valence-corrected chi connectivity index (χ1v) is 9.84. The second-order valence-electron chi connectivity index (χ2n) is 6.22. The maximum absolute atomic E-state index is 13.9. The molecule has 4 aromatic rings. The third-order valence-corrected chi connectivity index (χ3v) is 5.27. The molecular formula is C21H18FN3O3S. The van der Waals surface area contributed by atoms with E-state index in [1.165, 1.54) is 17.8 Å². The molecule has 0 saturated heterocycles. The van der Waals surface area contributed by atoms with Gasteiger partial charge in [0.05, 0.1) is 26.2 Å². The Labute approximate surface area is 171 Å². The number of hydrogen-bond acceptors (Lipinski definition) is 7. The third kappa shape index (κ3) is 4.17. The van der Waals surface area contributed by atoms with Crippen molar-refractivity contribution >= 4 is 22.7 Å². The molecular weight excluding hydrogens is 393 g/mol. The molecule has 29 heavy (non-hydrogen) atoms. The summed E-state index contributed by atoms with van der Waals surface area (Å²) in [7, 11) is 3.19. The zero-order chi connectivity index (χ0) is 20.2. The minimum Gasteiger partial charge on any atom is -0.493 e. The van der Waals surface area contributed by atoms with Crippen LogP contribution in [0.25, 0.3) is 10.9 Å². The lowest BCUT2D eigenvalue weighted by Gasteiger charge is -2.08. The van der Waals surface area contributed by atoms with Gasteiger partial charge >= 0.3 is 0 Å². The molecule has 0 bridgehead atoms. The maximum atomic E-state index is 13.9. The summed E-state index contributed by atoms with van der Waals surface area (Å²) in [5, 5.41) is 9.17. The second kappa shape index (κ2) is 8.48. The Morgan fingerprint density at radius 1 is 1.03 bits per heavy atom. The highest BCUT2D eigenvalue weighted by Gasteiger charge is 2.12. The van der Waals surface area contributed by atoms with Crippen molar-refractivity contribution in [1.29, 1.82) is 0 Å². The van der Waals surface area contributed by atoms with Crippen LogP contribution in [0.15, 0.2) is 58.3 Å². The van der Waals surface area contributed by atoms with E-state index in [-0.39, 0.29) is 5.82 Å². The van der Waals surface area contributed by atoms with Crippen LogP contribution >= 0.6 is 11.8 Å². The molecule has 0 aliphatic carbocycles. The third-order valence-electron chi connectivity index (χ3n) is 4.40. The highest BCUT2D eigenvalue weighted by Crippen LogP contribution is 2.30. The van der Waals surface area contributed by atoms with E-state index in [0.29, 0.717) is 45.7 Å². The number of aromatic nitrogens is 3. The summed E-state index contributed by atoms with van der Waals surface area (Å²) in [4.78, 5) is 4.30. The highest BCUT2D eigenvalue weighted by molar-refractivity contribution is 7.98. The van der Waals surface area contributed by atoms with Gasteiger partial charge in [-0.3, -0.25) is 4.98 Å². The summed E-state index contributed by atoms with van der Waals surface area (Å²) in [5.41, 5.74) is 2.52. The molecule has 0 N–H and O–H groups in total. The Morgan fingerprint density at radius 3 is 2.72 bits per heavy atom. The number of methoxy groups -OCH3 is 2. The number of hydrogen-bond donors (Lipinski definition) is 0. The van der Waals surface area contributed by atoms with Crippen molar-refractivity contribution < 1.29 is 18.3 Å². The fraction of sp³-hybridized carbons (Fsp3) is 0.190. The molecule has 4 rings (SSSR count). The summed E-state index contributed by atoms with van der Waals surface area (Å²) in [6.45, 7) is 0. The molecule has 2 aromatic heterocycles. The first-order valence-electron chi connectivity index (χ1n) is 8.86. The number of fused-ring (bicyclic) bond motifs is 1. The molecule has 0 radical (unpaired) electrons. The van der Waals surface area contributed by atoms with Crippen molar-refractivity contribution in [2.45, 2.75) is 17.4 Å². The van der Waals surface area contributed by atoms with Gasteiger partial charge in [0, 0.05) is 17.3 Å². The summed E-state index contributed by atoms with van der Waals surface area (Å²) in [6, 6.07) is 12.3. The Balaban J connectivity index is 1.46. The van der Waals surface area contributed by atoms with Crippen LogP contribution in [0, 0.1) is 5.82 Å². The van der Waals surface area contributed by atoms with Crippen LogP contribution in [0.5, 0.6) is 11.5 Å². The van der Waals surface area contributed by atoms with Crippen molar-refractivity contribution in [3.8, 4) is 11.5 Å². The maximum Gasteiger partial charge on any atom is 0.276 e. The van der Waals surface area contributed by atoms with Crippen LogP contribution in [0.4, 0.5) is 4.39 Å². The van der Waals surface area contributed by atoms with E-state index in [1.54, 1.807) is 38.6 Å². The molecule has 6 nitrogen and oxygen atoms in total. The van der Waals surface area contributed by atoms with E-state index in [2.05, 4.69) is 15.2 Å². The van der Waals surface area contributed by atoms with Crippen molar-refractivity contribution in [3.05, 3.63) is 71.5 Å². The van der Waals surface area contributed by atoms with Gasteiger partial charge in [-0.1, -0.05) is 23.9 Å². The zero-order valence-electron chi connectivity index (χ0n) is 15.9. The van der Waals surface area contributed by atoms with E-state index in [1.807, 2.05) is 18.2 Å². The van der Waals surface area contributed by atoms with Crippen LogP contribution in [-0.2, 0) is 12.2 Å². The van der Waals surface area contributed by atoms with Gasteiger partial charge in [-0.15, -0.1) is 10.2 Å². The molecule has 0 fully saturated rings. The van der Waals surface area contributed by atoms with Gasteiger partial charge in [0.25, 0.3) is 5.22 Å². The minimum absolute atomic E-state index is 0.281. The van der Waals surface area contributed by atoms with Gasteiger partial charge in [-0.25, -0.2) is 4.39 Å². The van der Waals surface area contributed by atoms with E-state index in [4.69, 9.17) is 13.9 Å². The quantitative estimate of drug-likeness (QED) is 0.410. The Hall–Kier alpha value is -3.13. The smallest absolute Gasteiger partial charge is 0.276 e. The zero-order valence-corrected chi connectivity index (χ0v) is 16.7. The molecule has 8 heteroatoms. The van der Waals surface area contributed by atoms with Crippen molar-refractivity contribution in [2.24, 2.45) is 0 Å². The molecule has 2 aromatic carbocycles. The number of halogens is 1. The molecule has 0 aliphatic rings. The van der Waals surface area contributed by atoms with Gasteiger partial charge in [-0.05, 0) is 41.5 Å². The molecule has 0 spiro atoms. The SMILES string of the molecule is COc1ccc(Cc2nnc(SCc3ccc(F)c4cccnc34)o2)cc1OC. The average molecular weight is 411 g/mol. The van der Waals surface area contributed by atoms with E-state index >= 15 is 0 Å². The molecule has 148 valence electrons. The summed E-state index contributed by atoms with van der Waals surface area (Å²) in [6.07, 6.45) is 2.14. The number of thioether (sulfide) groups is 1. The predicted molar refractivity (Wildman–Crippen MR) is 108 cm³/mol. The average Bonchev–Trinajstić information content (AvgIpc) is 3.20. The number of nitrogens with zero attached hydrogens (tertiary/aromatic N) is 3.